The molecule has 0 aromatic heterocycles. The monoisotopic (exact) mass is 226 g/mol. The van der Waals surface area contributed by atoms with Crippen LogP contribution in [0.5, 0.6) is 0 Å². The van der Waals surface area contributed by atoms with Crippen LogP contribution in [0.2, 0.25) is 5.02 Å². The molecule has 0 aliphatic heterocycles. The van der Waals surface area contributed by atoms with Crippen molar-refractivity contribution in [2.24, 2.45) is 5.16 Å². The topological polar surface area (TPSA) is 50.7 Å². The molecule has 0 fully saturated rings. The molecule has 0 atom stereocenters. The number of benzene rings is 1. The van der Waals surface area contributed by atoms with Crippen molar-refractivity contribution in [3.05, 3.63) is 29.3 Å². The number of nitrogens with zero attached hydrogens (tertiary/aromatic N) is 1. The van der Waals surface area contributed by atoms with Gasteiger partial charge in [-0.05, 0) is 26.0 Å². The van der Waals surface area contributed by atoms with Crippen LogP contribution in [-0.4, -0.2) is 11.8 Å². The van der Waals surface area contributed by atoms with E-state index in [-0.39, 0.29) is 0 Å². The molecule has 0 spiro atoms. The van der Waals surface area contributed by atoms with Crippen LogP contribution in [0, 0.1) is 0 Å². The first-order chi connectivity index (χ1) is 7.09. The third-order valence-electron chi connectivity index (χ3n) is 1.42. The minimum Gasteiger partial charge on any atom is -0.298 e. The van der Waals surface area contributed by atoms with Crippen LogP contribution in [0.15, 0.2) is 29.4 Å². The van der Waals surface area contributed by atoms with Gasteiger partial charge in [-0.2, -0.15) is 0 Å². The first-order valence-corrected chi connectivity index (χ1v) is 4.71. The van der Waals surface area contributed by atoms with Gasteiger partial charge in [0.15, 0.2) is 0 Å². The molecular formula is C10H11ClN2O2. The van der Waals surface area contributed by atoms with E-state index >= 15 is 0 Å². The number of anilines is 1. The van der Waals surface area contributed by atoms with Gasteiger partial charge in [0.25, 0.3) is 0 Å². The Morgan fingerprint density at radius 2 is 2.07 bits per heavy atom. The third-order valence-corrected chi connectivity index (χ3v) is 1.75. The molecule has 1 N–H and O–H groups in total. The van der Waals surface area contributed by atoms with Crippen molar-refractivity contribution in [1.82, 2.24) is 0 Å². The Morgan fingerprint density at radius 3 is 2.67 bits per heavy atom. The van der Waals surface area contributed by atoms with Crippen molar-refractivity contribution in [2.75, 3.05) is 5.32 Å². The molecule has 1 rings (SSSR count). The van der Waals surface area contributed by atoms with E-state index in [9.17, 15) is 4.79 Å². The average molecular weight is 227 g/mol. The molecule has 0 saturated carbocycles. The van der Waals surface area contributed by atoms with E-state index in [1.165, 1.54) is 0 Å². The number of hydrogen-bond donors (Lipinski definition) is 1. The zero-order chi connectivity index (χ0) is 11.3. The standard InChI is InChI=1S/C10H11ClN2O2/c1-7(2)13-15-10(14)12-9-6-4-3-5-8(9)11/h3-6H,1-2H3,(H,12,14). The second-order valence-electron chi connectivity index (χ2n) is 3.02. The lowest BCUT2D eigenvalue weighted by Gasteiger charge is -2.04. The quantitative estimate of drug-likeness (QED) is 0.478. The number of amides is 1. The minimum atomic E-state index is -0.663. The second kappa shape index (κ2) is 5.36. The van der Waals surface area contributed by atoms with Gasteiger partial charge in [-0.3, -0.25) is 10.2 Å². The second-order valence-corrected chi connectivity index (χ2v) is 3.43. The summed E-state index contributed by atoms with van der Waals surface area (Å²) >= 11 is 5.82. The molecule has 15 heavy (non-hydrogen) atoms. The molecule has 80 valence electrons. The molecule has 0 saturated heterocycles. The summed E-state index contributed by atoms with van der Waals surface area (Å²) in [6.07, 6.45) is -0.663. The first kappa shape index (κ1) is 11.5. The van der Waals surface area contributed by atoms with Gasteiger partial charge >= 0.3 is 6.09 Å². The molecule has 1 amide bonds. The van der Waals surface area contributed by atoms with Gasteiger partial charge in [0, 0.05) is 0 Å². The van der Waals surface area contributed by atoms with E-state index < -0.39 is 6.09 Å². The zero-order valence-electron chi connectivity index (χ0n) is 8.45. The Labute approximate surface area is 92.9 Å². The van der Waals surface area contributed by atoms with E-state index in [2.05, 4.69) is 15.3 Å². The van der Waals surface area contributed by atoms with Crippen LogP contribution in [0.4, 0.5) is 10.5 Å². The lowest BCUT2D eigenvalue weighted by Crippen LogP contribution is -2.11. The van der Waals surface area contributed by atoms with Crippen LogP contribution in [0.25, 0.3) is 0 Å². The molecule has 0 aliphatic carbocycles. The predicted octanol–water partition coefficient (Wildman–Crippen LogP) is 3.28. The number of rotatable bonds is 2. The van der Waals surface area contributed by atoms with Gasteiger partial charge in [0.2, 0.25) is 0 Å². The van der Waals surface area contributed by atoms with E-state index in [1.54, 1.807) is 38.1 Å². The fraction of sp³-hybridized carbons (Fsp3) is 0.200. The van der Waals surface area contributed by atoms with E-state index in [0.29, 0.717) is 16.4 Å². The van der Waals surface area contributed by atoms with Crippen molar-refractivity contribution in [3.63, 3.8) is 0 Å². The molecule has 1 aromatic rings. The first-order valence-electron chi connectivity index (χ1n) is 4.33. The molecule has 0 aliphatic rings. The highest BCUT2D eigenvalue weighted by atomic mass is 35.5. The van der Waals surface area contributed by atoms with Crippen molar-refractivity contribution >= 4 is 29.1 Å². The van der Waals surface area contributed by atoms with E-state index in [4.69, 9.17) is 11.6 Å². The fourth-order valence-electron chi connectivity index (χ4n) is 0.828. The maximum absolute atomic E-state index is 11.2. The average Bonchev–Trinajstić information content (AvgIpc) is 2.18. The molecule has 0 bridgehead atoms. The zero-order valence-corrected chi connectivity index (χ0v) is 9.21. The third kappa shape index (κ3) is 3.99. The van der Waals surface area contributed by atoms with Gasteiger partial charge in [0.05, 0.1) is 16.4 Å². The Morgan fingerprint density at radius 1 is 1.40 bits per heavy atom. The Balaban J connectivity index is 2.59. The Kier molecular flexibility index (Phi) is 4.12. The van der Waals surface area contributed by atoms with E-state index in [1.807, 2.05) is 0 Å². The smallest absolute Gasteiger partial charge is 0.298 e. The predicted molar refractivity (Wildman–Crippen MR) is 60.3 cm³/mol. The van der Waals surface area contributed by atoms with Gasteiger partial charge < -0.3 is 0 Å². The van der Waals surface area contributed by atoms with Crippen molar-refractivity contribution in [2.45, 2.75) is 13.8 Å². The fourth-order valence-corrected chi connectivity index (χ4v) is 1.01. The van der Waals surface area contributed by atoms with Gasteiger partial charge in [-0.15, -0.1) is 0 Å². The Hall–Kier alpha value is -1.55. The van der Waals surface area contributed by atoms with Crippen LogP contribution in [0.3, 0.4) is 0 Å². The minimum absolute atomic E-state index is 0.451. The maximum atomic E-state index is 11.2. The normalized spacial score (nSPS) is 9.27. The summed E-state index contributed by atoms with van der Waals surface area (Å²) in [5, 5.41) is 6.43. The van der Waals surface area contributed by atoms with Gasteiger partial charge in [0.1, 0.15) is 0 Å². The molecule has 0 radical (unpaired) electrons. The summed E-state index contributed by atoms with van der Waals surface area (Å²) in [4.78, 5) is 15.7. The largest absolute Gasteiger partial charge is 0.437 e. The van der Waals surface area contributed by atoms with Gasteiger partial charge in [-0.1, -0.05) is 28.9 Å². The SMILES string of the molecule is CC(C)=NOC(=O)Nc1ccccc1Cl. The summed E-state index contributed by atoms with van der Waals surface area (Å²) in [6.45, 7) is 3.45. The highest BCUT2D eigenvalue weighted by Gasteiger charge is 2.05. The highest BCUT2D eigenvalue weighted by Crippen LogP contribution is 2.20. The van der Waals surface area contributed by atoms with E-state index in [0.717, 1.165) is 0 Å². The summed E-state index contributed by atoms with van der Waals surface area (Å²) in [7, 11) is 0. The van der Waals surface area contributed by atoms with Crippen LogP contribution in [-0.2, 0) is 4.84 Å². The van der Waals surface area contributed by atoms with Crippen molar-refractivity contribution < 1.29 is 9.63 Å². The molecule has 1 aromatic carbocycles. The summed E-state index contributed by atoms with van der Waals surface area (Å²) < 4.78 is 0. The number of para-hydroxylation sites is 1. The number of oxime groups is 1. The number of halogens is 1. The number of hydrogen-bond acceptors (Lipinski definition) is 3. The van der Waals surface area contributed by atoms with Gasteiger partial charge in [-0.25, -0.2) is 4.79 Å². The van der Waals surface area contributed by atoms with Crippen LogP contribution in [0.1, 0.15) is 13.8 Å². The lowest BCUT2D eigenvalue weighted by atomic mass is 10.3. The number of nitrogens with one attached hydrogen (secondary N) is 1. The molecule has 5 heteroatoms. The summed E-state index contributed by atoms with van der Waals surface area (Å²) in [5.41, 5.74) is 1.15. The maximum Gasteiger partial charge on any atom is 0.437 e. The highest BCUT2D eigenvalue weighted by molar-refractivity contribution is 6.33. The lowest BCUT2D eigenvalue weighted by molar-refractivity contribution is 0.166. The molecular weight excluding hydrogens is 216 g/mol. The molecule has 4 nitrogen and oxygen atoms in total. The summed E-state index contributed by atoms with van der Waals surface area (Å²) in [6, 6.07) is 6.88. The van der Waals surface area contributed by atoms with Crippen LogP contribution >= 0.6 is 11.6 Å². The Bertz CT molecular complexity index is 387. The number of carbonyl (C=O) groups is 1. The summed E-state index contributed by atoms with van der Waals surface area (Å²) in [5.74, 6) is 0. The molecule has 0 unspecified atom stereocenters. The van der Waals surface area contributed by atoms with Crippen LogP contribution < -0.4 is 5.32 Å². The number of carbonyl (C=O) groups excluding carboxylic acids is 1. The molecule has 0 heterocycles. The van der Waals surface area contributed by atoms with Crippen molar-refractivity contribution in [3.8, 4) is 0 Å². The van der Waals surface area contributed by atoms with Crippen molar-refractivity contribution in [1.29, 1.82) is 0 Å².